The van der Waals surface area contributed by atoms with E-state index < -0.39 is 18.0 Å². The van der Waals surface area contributed by atoms with Crippen LogP contribution in [0.15, 0.2) is 89.9 Å². The van der Waals surface area contributed by atoms with Gasteiger partial charge in [0.15, 0.2) is 34.2 Å². The van der Waals surface area contributed by atoms with E-state index in [0.717, 1.165) is 69.1 Å². The number of ketones is 2. The maximum Gasteiger partial charge on any atom is 0.280 e. The van der Waals surface area contributed by atoms with Crippen LogP contribution in [0, 0.1) is 17.7 Å². The van der Waals surface area contributed by atoms with E-state index in [0.29, 0.717) is 113 Å². The smallest absolute Gasteiger partial charge is 0.280 e. The van der Waals surface area contributed by atoms with Crippen molar-refractivity contribution in [3.05, 3.63) is 118 Å². The summed E-state index contributed by atoms with van der Waals surface area (Å²) in [5, 5.41) is 24.9. The number of nitrogen functional groups attached to an aromatic ring is 1. The molecule has 2 atom stereocenters. The average Bonchev–Trinajstić information content (AvgIpc) is 3.42. The number of Topliss-reactive ketones (excluding diaryl/α,β-unsaturated/α-hetero) is 2. The molecule has 0 bridgehead atoms. The number of nitrogens with zero attached hydrogens (tertiary/aromatic N) is 4. The van der Waals surface area contributed by atoms with Gasteiger partial charge in [0.05, 0.1) is 17.8 Å². The largest absolute Gasteiger partial charge is 0.492 e. The molecule has 0 radical (unpaired) electrons. The number of unbranched alkanes of at least 4 members (excludes halogenated alkanes) is 5. The number of nitrogens with one attached hydrogen (secondary N) is 5. The number of hydrogen-bond donors (Lipinski definition) is 9. The van der Waals surface area contributed by atoms with E-state index in [-0.39, 0.29) is 58.8 Å². The first-order chi connectivity index (χ1) is 37.1. The van der Waals surface area contributed by atoms with Crippen molar-refractivity contribution in [3.63, 3.8) is 0 Å². The molecule has 0 saturated carbocycles. The molecule has 3 amide bonds. The maximum atomic E-state index is 12.9. The summed E-state index contributed by atoms with van der Waals surface area (Å²) in [4.78, 5) is 77.6. The second kappa shape index (κ2) is 35.4. The fourth-order valence-corrected chi connectivity index (χ4v) is 8.37. The maximum absolute atomic E-state index is 12.9. The number of aryl methyl sites for hydroxylation is 2. The van der Waals surface area contributed by atoms with Crippen molar-refractivity contribution >= 4 is 64.1 Å². The molecule has 77 heavy (non-hydrogen) atoms. The van der Waals surface area contributed by atoms with Crippen molar-refractivity contribution in [2.24, 2.45) is 22.2 Å². The quantitative estimate of drug-likeness (QED) is 0.00954. The van der Waals surface area contributed by atoms with Gasteiger partial charge in [-0.25, -0.2) is 9.97 Å². The normalized spacial score (nSPS) is 12.1. The highest BCUT2D eigenvalue weighted by Gasteiger charge is 2.18. The number of rotatable bonds is 38. The van der Waals surface area contributed by atoms with Crippen molar-refractivity contribution in [3.8, 4) is 5.75 Å². The summed E-state index contributed by atoms with van der Waals surface area (Å²) in [6, 6.07) is 24.7. The number of hydrogen-bond acceptors (Lipinski definition) is 15. The lowest BCUT2D eigenvalue weighted by Crippen LogP contribution is -2.42. The van der Waals surface area contributed by atoms with Crippen LogP contribution in [-0.4, -0.2) is 119 Å². The molecule has 4 aromatic rings. The van der Waals surface area contributed by atoms with Gasteiger partial charge >= 0.3 is 0 Å². The Bertz CT molecular complexity index is 2430. The Hall–Kier alpha value is -6.93. The summed E-state index contributed by atoms with van der Waals surface area (Å²) in [7, 11) is 0. The van der Waals surface area contributed by atoms with Gasteiger partial charge in [-0.3, -0.25) is 39.2 Å². The zero-order chi connectivity index (χ0) is 55.8. The van der Waals surface area contributed by atoms with Gasteiger partial charge in [0, 0.05) is 61.6 Å². The van der Waals surface area contributed by atoms with Crippen molar-refractivity contribution in [1.29, 1.82) is 10.8 Å². The first-order valence-electron chi connectivity index (χ1n) is 26.8. The predicted octanol–water partition coefficient (Wildman–Crippen LogP) is 6.92. The summed E-state index contributed by atoms with van der Waals surface area (Å²) in [5.41, 5.74) is 27.7. The van der Waals surface area contributed by atoms with Crippen LogP contribution < -0.4 is 43.6 Å². The molecule has 13 N–H and O–H groups in total. The Morgan fingerprint density at radius 1 is 0.675 bits per heavy atom. The topological polar surface area (TPSA) is 324 Å². The lowest BCUT2D eigenvalue weighted by atomic mass is 10.0. The van der Waals surface area contributed by atoms with Gasteiger partial charge in [-0.1, -0.05) is 110 Å². The second-order valence-corrected chi connectivity index (χ2v) is 19.5. The zero-order valence-electron chi connectivity index (χ0n) is 44.6. The molecular weight excluding hydrogens is 998 g/mol. The number of amides is 3. The predicted molar refractivity (Wildman–Crippen MR) is 305 cm³/mol. The van der Waals surface area contributed by atoms with Gasteiger partial charge in [-0.15, -0.1) is 0 Å². The Labute approximate surface area is 458 Å². The van der Waals surface area contributed by atoms with Gasteiger partial charge in [0.1, 0.15) is 12.4 Å². The summed E-state index contributed by atoms with van der Waals surface area (Å²) < 4.78 is 6.14. The molecule has 0 unspecified atom stereocenters. The molecule has 4 rings (SSSR count). The third-order valence-corrected chi connectivity index (χ3v) is 13.1. The molecule has 1 aromatic heterocycles. The van der Waals surface area contributed by atoms with Gasteiger partial charge in [0.2, 0.25) is 11.8 Å². The Morgan fingerprint density at radius 2 is 1.19 bits per heavy atom. The standard InChI is InChI=1S/C57H80ClN13O6/c1-40-52(58)69-51(53(63)68-40)56(76)70-57(64)67-31-15-14-18-41-27-29-46(30-28-41)77-37-36-71(34-16-32-65-54(74)47(61)25-12-4-10-23-44(59)38-49(72)42-19-6-2-7-20-42)35-17-33-66-55(75)48(62)26-13-5-11-24-45(60)39-50(73)43-21-8-3-9-22-43/h2-3,6-9,19-22,27-30,47-48,59-60H,4-5,10-18,23-26,31-39,61-62H2,1H3,(H2,63,68)(H,65,74)(H,66,75)(H3,64,67,70,76)/t47-,48-/m0/s1. The number of aliphatic imine (C=N–C) groups is 1. The van der Waals surface area contributed by atoms with E-state index in [1.807, 2.05) is 60.7 Å². The summed E-state index contributed by atoms with van der Waals surface area (Å²) in [5.74, 6) is -0.534. The molecule has 0 aliphatic carbocycles. The van der Waals surface area contributed by atoms with E-state index in [4.69, 9.17) is 50.1 Å². The fourth-order valence-electron chi connectivity index (χ4n) is 8.25. The highest BCUT2D eigenvalue weighted by atomic mass is 35.5. The van der Waals surface area contributed by atoms with Gasteiger partial charge in [-0.05, 0) is 108 Å². The number of anilines is 1. The molecule has 20 heteroatoms. The van der Waals surface area contributed by atoms with Crippen molar-refractivity contribution in [2.75, 3.05) is 51.6 Å². The summed E-state index contributed by atoms with van der Waals surface area (Å²) >= 11 is 5.99. The molecular formula is C57H80ClN13O6. The van der Waals surface area contributed by atoms with Crippen molar-refractivity contribution in [2.45, 2.75) is 128 Å². The number of nitrogens with two attached hydrogens (primary N) is 4. The van der Waals surface area contributed by atoms with Crippen molar-refractivity contribution < 1.29 is 28.7 Å². The average molecular weight is 1080 g/mol. The van der Waals surface area contributed by atoms with E-state index in [2.05, 4.69) is 35.8 Å². The minimum Gasteiger partial charge on any atom is -0.492 e. The lowest BCUT2D eigenvalue weighted by molar-refractivity contribution is -0.123. The first-order valence-corrected chi connectivity index (χ1v) is 27.2. The van der Waals surface area contributed by atoms with E-state index in [1.54, 1.807) is 31.2 Å². The van der Waals surface area contributed by atoms with Crippen LogP contribution in [0.2, 0.25) is 5.15 Å². The van der Waals surface area contributed by atoms with E-state index in [9.17, 15) is 24.0 Å². The minimum atomic E-state index is -0.644. The van der Waals surface area contributed by atoms with Crippen molar-refractivity contribution in [1.82, 2.24) is 30.8 Å². The van der Waals surface area contributed by atoms with Gasteiger partial charge in [-0.2, -0.15) is 0 Å². The molecule has 3 aromatic carbocycles. The van der Waals surface area contributed by atoms with Crippen LogP contribution in [-0.2, 0) is 16.0 Å². The van der Waals surface area contributed by atoms with Crippen LogP contribution in [0.3, 0.4) is 0 Å². The molecule has 0 spiro atoms. The number of ether oxygens (including phenoxy) is 1. The number of carbonyl (C=O) groups excluding carboxylic acids is 5. The SMILES string of the molecule is Cc1nc(N)c(C(=O)NC(N)=NCCCCc2ccc(OCCN(CCCNC(=O)[C@@H](N)CCCCCC(=N)CC(=O)c3ccccc3)CCCNC(=O)[C@@H](N)CCCCCC(=N)CC(=O)c3ccccc3)cc2)nc1Cl. The molecule has 416 valence electrons. The monoisotopic (exact) mass is 1080 g/mol. The molecule has 0 saturated heterocycles. The number of benzene rings is 3. The van der Waals surface area contributed by atoms with E-state index >= 15 is 0 Å². The number of guanidine groups is 1. The molecule has 19 nitrogen and oxygen atoms in total. The van der Waals surface area contributed by atoms with Gasteiger partial charge < -0.3 is 49.1 Å². The van der Waals surface area contributed by atoms with Crippen LogP contribution >= 0.6 is 11.6 Å². The Kier molecular flexibility index (Phi) is 28.8. The highest BCUT2D eigenvalue weighted by Crippen LogP contribution is 2.17. The fraction of sp³-hybridized carbons (Fsp3) is 0.474. The number of aromatic nitrogens is 2. The third-order valence-electron chi connectivity index (χ3n) is 12.8. The van der Waals surface area contributed by atoms with Crippen LogP contribution in [0.5, 0.6) is 5.75 Å². The number of halogens is 1. The molecule has 0 aliphatic rings. The molecule has 0 fully saturated rings. The minimum absolute atomic E-state index is 0.0534. The summed E-state index contributed by atoms with van der Waals surface area (Å²) in [6.07, 6.45) is 10.7. The van der Waals surface area contributed by atoms with Gasteiger partial charge in [0.25, 0.3) is 5.91 Å². The first kappa shape index (κ1) is 62.6. The molecule has 1 heterocycles. The number of carbonyl (C=O) groups is 5. The third kappa shape index (κ3) is 25.2. The van der Waals surface area contributed by atoms with Crippen LogP contribution in [0.1, 0.15) is 145 Å². The Morgan fingerprint density at radius 3 is 1.71 bits per heavy atom. The zero-order valence-corrected chi connectivity index (χ0v) is 45.4. The van der Waals surface area contributed by atoms with Crippen LogP contribution in [0.4, 0.5) is 5.82 Å². The molecule has 0 aliphatic heterocycles. The van der Waals surface area contributed by atoms with E-state index in [1.165, 1.54) is 0 Å². The van der Waals surface area contributed by atoms with Crippen LogP contribution in [0.25, 0.3) is 0 Å². The summed E-state index contributed by atoms with van der Waals surface area (Å²) in [6.45, 7) is 5.32. The lowest BCUT2D eigenvalue weighted by Gasteiger charge is -2.23. The Balaban J connectivity index is 1.15. The highest BCUT2D eigenvalue weighted by molar-refractivity contribution is 6.30. The second-order valence-electron chi connectivity index (χ2n) is 19.2.